The molecule has 1 saturated heterocycles. The molecular formula is C14H21N3O. The Kier molecular flexibility index (Phi) is 4.70. The Morgan fingerprint density at radius 3 is 3.00 bits per heavy atom. The summed E-state index contributed by atoms with van der Waals surface area (Å²) in [6, 6.07) is 3.93. The Balaban J connectivity index is 1.73. The van der Waals surface area contributed by atoms with Crippen LogP contribution in [0.4, 0.5) is 0 Å². The molecule has 0 aliphatic carbocycles. The molecule has 98 valence electrons. The summed E-state index contributed by atoms with van der Waals surface area (Å²) in [5, 5.41) is 6.36. The fraction of sp³-hybridized carbons (Fsp3) is 0.571. The third-order valence-electron chi connectivity index (χ3n) is 3.53. The minimum absolute atomic E-state index is 0.0576. The van der Waals surface area contributed by atoms with Crippen molar-refractivity contribution >= 4 is 5.91 Å². The second-order valence-electron chi connectivity index (χ2n) is 4.97. The molecule has 2 N–H and O–H groups in total. The number of pyridine rings is 1. The summed E-state index contributed by atoms with van der Waals surface area (Å²) in [4.78, 5) is 15.8. The minimum atomic E-state index is 0.0576. The first-order valence-corrected chi connectivity index (χ1v) is 6.65. The van der Waals surface area contributed by atoms with Gasteiger partial charge in [0, 0.05) is 18.8 Å². The summed E-state index contributed by atoms with van der Waals surface area (Å²) in [6.45, 7) is 4.16. The van der Waals surface area contributed by atoms with Gasteiger partial charge in [-0.3, -0.25) is 9.78 Å². The van der Waals surface area contributed by atoms with E-state index in [4.69, 9.17) is 0 Å². The van der Waals surface area contributed by atoms with Crippen LogP contribution in [0.1, 0.15) is 37.8 Å². The maximum atomic E-state index is 11.8. The van der Waals surface area contributed by atoms with Crippen LogP contribution in [0.15, 0.2) is 24.5 Å². The average Bonchev–Trinajstić information content (AvgIpc) is 2.90. The third kappa shape index (κ3) is 3.81. The number of aromatic nitrogens is 1. The molecule has 2 rings (SSSR count). The van der Waals surface area contributed by atoms with E-state index in [-0.39, 0.29) is 11.9 Å². The van der Waals surface area contributed by atoms with E-state index >= 15 is 0 Å². The van der Waals surface area contributed by atoms with Gasteiger partial charge >= 0.3 is 0 Å². The van der Waals surface area contributed by atoms with Gasteiger partial charge < -0.3 is 10.6 Å². The van der Waals surface area contributed by atoms with Gasteiger partial charge in [-0.05, 0) is 56.5 Å². The number of carbonyl (C=O) groups is 1. The summed E-state index contributed by atoms with van der Waals surface area (Å²) in [6.07, 6.45) is 6.32. The minimum Gasteiger partial charge on any atom is -0.350 e. The quantitative estimate of drug-likeness (QED) is 0.832. The molecule has 1 aliphatic heterocycles. The molecule has 0 spiro atoms. The Bertz CT molecular complexity index is 374. The van der Waals surface area contributed by atoms with E-state index in [0.717, 1.165) is 25.1 Å². The first kappa shape index (κ1) is 13.0. The fourth-order valence-electron chi connectivity index (χ4n) is 2.35. The van der Waals surface area contributed by atoms with Crippen molar-refractivity contribution in [1.82, 2.24) is 15.6 Å². The topological polar surface area (TPSA) is 54.0 Å². The summed E-state index contributed by atoms with van der Waals surface area (Å²) < 4.78 is 0. The highest BCUT2D eigenvalue weighted by Gasteiger charge is 2.16. The van der Waals surface area contributed by atoms with Crippen LogP contribution in [0.25, 0.3) is 0 Å². The predicted molar refractivity (Wildman–Crippen MR) is 71.0 cm³/mol. The molecule has 0 aromatic carbocycles. The first-order chi connectivity index (χ1) is 8.75. The summed E-state index contributed by atoms with van der Waals surface area (Å²) in [5.74, 6) is 0.818. The first-order valence-electron chi connectivity index (χ1n) is 6.65. The van der Waals surface area contributed by atoms with E-state index in [1.165, 1.54) is 6.42 Å². The molecule has 2 heterocycles. The molecule has 4 nitrogen and oxygen atoms in total. The lowest BCUT2D eigenvalue weighted by molar-refractivity contribution is -0.122. The number of hydrogen-bond donors (Lipinski definition) is 2. The highest BCUT2D eigenvalue weighted by molar-refractivity contribution is 5.76. The molecule has 0 radical (unpaired) electrons. The monoisotopic (exact) mass is 247 g/mol. The van der Waals surface area contributed by atoms with Crippen LogP contribution in [0.3, 0.4) is 0 Å². The predicted octanol–water partition coefficient (Wildman–Crippen LogP) is 1.65. The molecule has 1 fully saturated rings. The summed E-state index contributed by atoms with van der Waals surface area (Å²) in [7, 11) is 0. The van der Waals surface area contributed by atoms with Gasteiger partial charge in [0.25, 0.3) is 0 Å². The molecule has 4 heteroatoms. The van der Waals surface area contributed by atoms with Crippen molar-refractivity contribution in [3.63, 3.8) is 0 Å². The second kappa shape index (κ2) is 6.50. The van der Waals surface area contributed by atoms with Crippen LogP contribution in [-0.4, -0.2) is 24.0 Å². The van der Waals surface area contributed by atoms with Gasteiger partial charge in [0.1, 0.15) is 0 Å². The highest BCUT2D eigenvalue weighted by atomic mass is 16.1. The fourth-order valence-corrected chi connectivity index (χ4v) is 2.35. The van der Waals surface area contributed by atoms with Gasteiger partial charge in [0.15, 0.2) is 0 Å². The van der Waals surface area contributed by atoms with Crippen molar-refractivity contribution in [2.45, 2.75) is 32.2 Å². The van der Waals surface area contributed by atoms with Crippen molar-refractivity contribution in [3.8, 4) is 0 Å². The van der Waals surface area contributed by atoms with Crippen molar-refractivity contribution in [3.05, 3.63) is 30.1 Å². The zero-order valence-electron chi connectivity index (χ0n) is 10.9. The number of nitrogens with zero attached hydrogens (tertiary/aromatic N) is 1. The van der Waals surface area contributed by atoms with E-state index < -0.39 is 0 Å². The average molecular weight is 247 g/mol. The zero-order chi connectivity index (χ0) is 12.8. The normalized spacial score (nSPS) is 20.6. The van der Waals surface area contributed by atoms with Crippen molar-refractivity contribution in [1.29, 1.82) is 0 Å². The van der Waals surface area contributed by atoms with Crippen LogP contribution >= 0.6 is 0 Å². The van der Waals surface area contributed by atoms with Crippen LogP contribution in [0.2, 0.25) is 0 Å². The largest absolute Gasteiger partial charge is 0.350 e. The molecule has 1 unspecified atom stereocenters. The van der Waals surface area contributed by atoms with E-state index in [2.05, 4.69) is 15.6 Å². The molecule has 1 amide bonds. The molecule has 0 saturated carbocycles. The van der Waals surface area contributed by atoms with E-state index in [1.54, 1.807) is 12.4 Å². The number of nitrogens with one attached hydrogen (secondary N) is 2. The van der Waals surface area contributed by atoms with Crippen molar-refractivity contribution in [2.75, 3.05) is 13.1 Å². The lowest BCUT2D eigenvalue weighted by Gasteiger charge is -2.15. The van der Waals surface area contributed by atoms with Crippen LogP contribution in [0.5, 0.6) is 0 Å². The Hall–Kier alpha value is -1.42. The standard InChI is InChI=1S/C14H21N3O/c1-11(13-5-8-15-9-6-13)17-14(18)3-2-12-4-7-16-10-12/h5-6,8-9,11-12,16H,2-4,7,10H2,1H3,(H,17,18)/t11-,12?/m1/s1. The lowest BCUT2D eigenvalue weighted by atomic mass is 10.0. The van der Waals surface area contributed by atoms with Gasteiger partial charge in [-0.15, -0.1) is 0 Å². The SMILES string of the molecule is C[C@@H](NC(=O)CCC1CCNC1)c1ccncc1. The summed E-state index contributed by atoms with van der Waals surface area (Å²) in [5.41, 5.74) is 1.10. The maximum absolute atomic E-state index is 11.8. The summed E-state index contributed by atoms with van der Waals surface area (Å²) >= 11 is 0. The third-order valence-corrected chi connectivity index (χ3v) is 3.53. The molecule has 18 heavy (non-hydrogen) atoms. The van der Waals surface area contributed by atoms with Gasteiger partial charge in [-0.1, -0.05) is 0 Å². The highest BCUT2D eigenvalue weighted by Crippen LogP contribution is 2.15. The lowest BCUT2D eigenvalue weighted by Crippen LogP contribution is -2.27. The Labute approximate surface area is 108 Å². The van der Waals surface area contributed by atoms with Crippen LogP contribution in [-0.2, 0) is 4.79 Å². The Morgan fingerprint density at radius 1 is 1.56 bits per heavy atom. The van der Waals surface area contributed by atoms with E-state index in [1.807, 2.05) is 19.1 Å². The molecule has 0 bridgehead atoms. The van der Waals surface area contributed by atoms with Gasteiger partial charge in [-0.25, -0.2) is 0 Å². The van der Waals surface area contributed by atoms with E-state index in [9.17, 15) is 4.79 Å². The van der Waals surface area contributed by atoms with Crippen molar-refractivity contribution in [2.24, 2.45) is 5.92 Å². The van der Waals surface area contributed by atoms with Gasteiger partial charge in [-0.2, -0.15) is 0 Å². The van der Waals surface area contributed by atoms with Gasteiger partial charge in [0.2, 0.25) is 5.91 Å². The van der Waals surface area contributed by atoms with Crippen LogP contribution in [0, 0.1) is 5.92 Å². The number of rotatable bonds is 5. The number of carbonyl (C=O) groups excluding carboxylic acids is 1. The number of hydrogen-bond acceptors (Lipinski definition) is 3. The molecule has 1 aromatic rings. The number of amides is 1. The molecule has 2 atom stereocenters. The van der Waals surface area contributed by atoms with Crippen LogP contribution < -0.4 is 10.6 Å². The molecule has 1 aromatic heterocycles. The second-order valence-corrected chi connectivity index (χ2v) is 4.97. The van der Waals surface area contributed by atoms with E-state index in [0.29, 0.717) is 12.3 Å². The molecule has 1 aliphatic rings. The Morgan fingerprint density at radius 2 is 2.33 bits per heavy atom. The molecular weight excluding hydrogens is 226 g/mol. The van der Waals surface area contributed by atoms with Gasteiger partial charge in [0.05, 0.1) is 6.04 Å². The maximum Gasteiger partial charge on any atom is 0.220 e. The zero-order valence-corrected chi connectivity index (χ0v) is 10.9. The smallest absolute Gasteiger partial charge is 0.220 e. The van der Waals surface area contributed by atoms with Crippen molar-refractivity contribution < 1.29 is 4.79 Å².